The van der Waals surface area contributed by atoms with Crippen molar-refractivity contribution in [3.8, 4) is 0 Å². The second kappa shape index (κ2) is 3.73. The molecule has 0 amide bonds. The summed E-state index contributed by atoms with van der Waals surface area (Å²) in [5, 5.41) is 1.73. The fraction of sp³-hybridized carbons (Fsp3) is 0.111. The standard InChI is InChI=1S/C9H5F3S/c10-9(11,12)8(6-13)7-4-2-1-3-5-7/h1-5H. The molecule has 0 aliphatic rings. The van der Waals surface area contributed by atoms with Gasteiger partial charge in [-0.25, -0.2) is 0 Å². The molecular weight excluding hydrogens is 197 g/mol. The third-order valence-corrected chi connectivity index (χ3v) is 1.65. The molecule has 0 bridgehead atoms. The Labute approximate surface area is 78.7 Å². The predicted octanol–water partition coefficient (Wildman–Crippen LogP) is 3.23. The highest BCUT2D eigenvalue weighted by atomic mass is 32.1. The van der Waals surface area contributed by atoms with E-state index in [0.29, 0.717) is 0 Å². The third-order valence-electron chi connectivity index (χ3n) is 1.45. The number of hydrogen-bond acceptors (Lipinski definition) is 1. The smallest absolute Gasteiger partial charge is 0.165 e. The first-order valence-electron chi connectivity index (χ1n) is 3.43. The Balaban J connectivity index is 3.15. The monoisotopic (exact) mass is 202 g/mol. The second-order valence-corrected chi connectivity index (χ2v) is 2.54. The number of thiocarbonyl (C=S) groups is 1. The molecule has 0 saturated heterocycles. The van der Waals surface area contributed by atoms with Crippen LogP contribution in [0.15, 0.2) is 30.3 Å². The molecule has 0 aromatic heterocycles. The normalized spacial score (nSPS) is 10.7. The van der Waals surface area contributed by atoms with E-state index in [-0.39, 0.29) is 5.56 Å². The Morgan fingerprint density at radius 1 is 1.15 bits per heavy atom. The zero-order valence-electron chi connectivity index (χ0n) is 6.43. The van der Waals surface area contributed by atoms with E-state index >= 15 is 0 Å². The molecule has 0 unspecified atom stereocenters. The minimum absolute atomic E-state index is 0.0463. The van der Waals surface area contributed by atoms with Gasteiger partial charge in [0.1, 0.15) is 5.57 Å². The van der Waals surface area contributed by atoms with Crippen LogP contribution >= 0.6 is 12.2 Å². The van der Waals surface area contributed by atoms with Crippen molar-refractivity contribution in [3.05, 3.63) is 35.9 Å². The van der Waals surface area contributed by atoms with E-state index in [4.69, 9.17) is 0 Å². The number of rotatable bonds is 1. The summed E-state index contributed by atoms with van der Waals surface area (Å²) in [6.45, 7) is 0. The van der Waals surface area contributed by atoms with E-state index in [1.165, 1.54) is 24.3 Å². The summed E-state index contributed by atoms with van der Waals surface area (Å²) in [5.41, 5.74) is -0.854. The zero-order chi connectivity index (χ0) is 9.90. The van der Waals surface area contributed by atoms with Gasteiger partial charge in [-0.05, 0) is 22.8 Å². The lowest BCUT2D eigenvalue weighted by molar-refractivity contribution is -0.0678. The molecule has 1 aromatic carbocycles. The number of halogens is 3. The summed E-state index contributed by atoms with van der Waals surface area (Å²) in [6.07, 6.45) is -4.43. The molecule has 0 aliphatic heterocycles. The van der Waals surface area contributed by atoms with Crippen molar-refractivity contribution in [2.75, 3.05) is 0 Å². The van der Waals surface area contributed by atoms with Crippen LogP contribution in [0.4, 0.5) is 13.2 Å². The first kappa shape index (κ1) is 9.96. The highest BCUT2D eigenvalue weighted by molar-refractivity contribution is 7.78. The zero-order valence-corrected chi connectivity index (χ0v) is 7.25. The van der Waals surface area contributed by atoms with Crippen LogP contribution in [0.2, 0.25) is 0 Å². The van der Waals surface area contributed by atoms with Gasteiger partial charge in [-0.15, -0.1) is 0 Å². The van der Waals surface area contributed by atoms with Crippen LogP contribution in [0.1, 0.15) is 5.56 Å². The van der Waals surface area contributed by atoms with Gasteiger partial charge in [0.25, 0.3) is 0 Å². The maximum atomic E-state index is 12.2. The quantitative estimate of drug-likeness (QED) is 0.630. The highest BCUT2D eigenvalue weighted by Crippen LogP contribution is 2.31. The van der Waals surface area contributed by atoms with Gasteiger partial charge in [0, 0.05) is 0 Å². The number of benzene rings is 1. The number of hydrogen-bond donors (Lipinski definition) is 0. The van der Waals surface area contributed by atoms with Crippen LogP contribution in [0.25, 0.3) is 5.57 Å². The van der Waals surface area contributed by atoms with Crippen molar-refractivity contribution >= 4 is 22.8 Å². The van der Waals surface area contributed by atoms with Crippen molar-refractivity contribution in [3.63, 3.8) is 0 Å². The SMILES string of the molecule is FC(F)(F)C(=C=S)c1ccccc1. The summed E-state index contributed by atoms with van der Waals surface area (Å²) >= 11 is 4.20. The summed E-state index contributed by atoms with van der Waals surface area (Å²) < 4.78 is 36.7. The second-order valence-electron chi connectivity index (χ2n) is 2.34. The molecule has 0 aliphatic carbocycles. The molecule has 0 saturated carbocycles. The van der Waals surface area contributed by atoms with E-state index < -0.39 is 11.7 Å². The summed E-state index contributed by atoms with van der Waals surface area (Å²) in [4.78, 5) is 0. The first-order valence-corrected chi connectivity index (χ1v) is 3.84. The Morgan fingerprint density at radius 2 is 1.69 bits per heavy atom. The van der Waals surface area contributed by atoms with Gasteiger partial charge in [0.2, 0.25) is 0 Å². The van der Waals surface area contributed by atoms with Gasteiger partial charge in [-0.2, -0.15) is 13.2 Å². The molecule has 0 N–H and O–H groups in total. The van der Waals surface area contributed by atoms with Crippen molar-refractivity contribution in [1.29, 1.82) is 0 Å². The van der Waals surface area contributed by atoms with Gasteiger partial charge in [-0.3, -0.25) is 0 Å². The summed E-state index contributed by atoms with van der Waals surface area (Å²) in [5.74, 6) is 0. The molecule has 0 nitrogen and oxygen atoms in total. The van der Waals surface area contributed by atoms with Crippen molar-refractivity contribution in [2.45, 2.75) is 6.18 Å². The van der Waals surface area contributed by atoms with E-state index in [9.17, 15) is 13.2 Å². The average Bonchev–Trinajstić information content (AvgIpc) is 2.05. The lowest BCUT2D eigenvalue weighted by atomic mass is 10.1. The summed E-state index contributed by atoms with van der Waals surface area (Å²) in [6, 6.07) is 7.38. The van der Waals surface area contributed by atoms with Gasteiger partial charge < -0.3 is 0 Å². The minimum atomic E-state index is -4.43. The molecule has 1 aromatic rings. The molecule has 0 spiro atoms. The van der Waals surface area contributed by atoms with Crippen LogP contribution in [0, 0.1) is 0 Å². The first-order chi connectivity index (χ1) is 6.05. The van der Waals surface area contributed by atoms with Gasteiger partial charge in [0.05, 0.1) is 0 Å². The molecule has 0 radical (unpaired) electrons. The Bertz CT molecular complexity index is 334. The summed E-state index contributed by atoms with van der Waals surface area (Å²) in [7, 11) is 0. The largest absolute Gasteiger partial charge is 0.424 e. The maximum absolute atomic E-state index is 12.2. The molecule has 0 atom stereocenters. The van der Waals surface area contributed by atoms with Crippen molar-refractivity contribution < 1.29 is 13.2 Å². The fourth-order valence-electron chi connectivity index (χ4n) is 0.885. The van der Waals surface area contributed by atoms with Gasteiger partial charge in [-0.1, -0.05) is 30.3 Å². The van der Waals surface area contributed by atoms with Crippen LogP contribution < -0.4 is 0 Å². The van der Waals surface area contributed by atoms with Gasteiger partial charge >= 0.3 is 6.18 Å². The lowest BCUT2D eigenvalue weighted by Crippen LogP contribution is -2.10. The molecule has 68 valence electrons. The number of alkyl halides is 3. The average molecular weight is 202 g/mol. The minimum Gasteiger partial charge on any atom is -0.165 e. The molecular formula is C9H5F3S. The van der Waals surface area contributed by atoms with Crippen LogP contribution in [0.5, 0.6) is 0 Å². The number of allylic oxidation sites excluding steroid dienone is 1. The Hall–Kier alpha value is -1.12. The van der Waals surface area contributed by atoms with Crippen LogP contribution in [-0.2, 0) is 0 Å². The van der Waals surface area contributed by atoms with Crippen molar-refractivity contribution in [1.82, 2.24) is 0 Å². The van der Waals surface area contributed by atoms with E-state index in [1.807, 2.05) is 0 Å². The predicted molar refractivity (Wildman–Crippen MR) is 48.5 cm³/mol. The van der Waals surface area contributed by atoms with Crippen LogP contribution in [-0.4, -0.2) is 11.2 Å². The highest BCUT2D eigenvalue weighted by Gasteiger charge is 2.34. The molecule has 0 fully saturated rings. The van der Waals surface area contributed by atoms with Gasteiger partial charge in [0.15, 0.2) is 0 Å². The maximum Gasteiger partial charge on any atom is 0.424 e. The fourth-order valence-corrected chi connectivity index (χ4v) is 1.12. The van der Waals surface area contributed by atoms with Crippen LogP contribution in [0.3, 0.4) is 0 Å². The molecule has 1 rings (SSSR count). The third kappa shape index (κ3) is 2.41. The Morgan fingerprint density at radius 3 is 2.08 bits per heavy atom. The van der Waals surface area contributed by atoms with E-state index in [2.05, 4.69) is 12.2 Å². The Kier molecular flexibility index (Phi) is 2.86. The van der Waals surface area contributed by atoms with E-state index in [0.717, 1.165) is 0 Å². The van der Waals surface area contributed by atoms with Crippen molar-refractivity contribution in [2.24, 2.45) is 0 Å². The topological polar surface area (TPSA) is 0 Å². The lowest BCUT2D eigenvalue weighted by Gasteiger charge is -2.07. The molecule has 13 heavy (non-hydrogen) atoms. The van der Waals surface area contributed by atoms with E-state index in [1.54, 1.807) is 11.1 Å². The molecule has 0 heterocycles. The molecule has 4 heteroatoms.